The number of hydrogen-bond donors (Lipinski definition) is 2. The molecule has 0 aliphatic rings. The van der Waals surface area contributed by atoms with Crippen LogP contribution in [0.4, 0.5) is 0 Å². The zero-order valence-corrected chi connectivity index (χ0v) is 11.6. The van der Waals surface area contributed by atoms with Crippen LogP contribution >= 0.6 is 0 Å². The molecule has 0 spiro atoms. The minimum Gasteiger partial charge on any atom is -0.478 e. The quantitative estimate of drug-likeness (QED) is 0.827. The van der Waals surface area contributed by atoms with Gasteiger partial charge in [-0.2, -0.15) is 0 Å². The summed E-state index contributed by atoms with van der Waals surface area (Å²) in [6.45, 7) is 0. The first-order chi connectivity index (χ1) is 10.5. The first-order valence-electron chi connectivity index (χ1n) is 6.57. The maximum Gasteiger partial charge on any atom is 0.328 e. The molecule has 0 saturated carbocycles. The largest absolute Gasteiger partial charge is 0.478 e. The molecule has 0 amide bonds. The van der Waals surface area contributed by atoms with Crippen LogP contribution in [0.15, 0.2) is 60.7 Å². The van der Waals surface area contributed by atoms with Crippen LogP contribution in [0.5, 0.6) is 0 Å². The van der Waals surface area contributed by atoms with Crippen LogP contribution in [-0.4, -0.2) is 22.2 Å². The molecule has 110 valence electrons. The van der Waals surface area contributed by atoms with E-state index >= 15 is 0 Å². The van der Waals surface area contributed by atoms with Crippen LogP contribution in [0, 0.1) is 0 Å². The van der Waals surface area contributed by atoms with Gasteiger partial charge in [0.05, 0.1) is 0 Å². The van der Waals surface area contributed by atoms with Crippen molar-refractivity contribution in [1.29, 1.82) is 0 Å². The molecule has 0 aliphatic heterocycles. The highest BCUT2D eigenvalue weighted by atomic mass is 16.4. The van der Waals surface area contributed by atoms with Gasteiger partial charge in [0.1, 0.15) is 0 Å². The molecule has 0 radical (unpaired) electrons. The van der Waals surface area contributed by atoms with Crippen molar-refractivity contribution in [3.05, 3.63) is 71.8 Å². The third-order valence-electron chi connectivity index (χ3n) is 2.99. The zero-order valence-electron chi connectivity index (χ0n) is 11.6. The maximum atomic E-state index is 10.5. The van der Waals surface area contributed by atoms with E-state index in [1.807, 2.05) is 48.5 Å². The summed E-state index contributed by atoms with van der Waals surface area (Å²) in [5, 5.41) is 17.2. The monoisotopic (exact) mass is 294 g/mol. The van der Waals surface area contributed by atoms with Crippen LogP contribution in [0.1, 0.15) is 11.1 Å². The lowest BCUT2D eigenvalue weighted by molar-refractivity contribution is -0.132. The van der Waals surface area contributed by atoms with Gasteiger partial charge in [-0.3, -0.25) is 0 Å². The molecular weight excluding hydrogens is 280 g/mol. The summed E-state index contributed by atoms with van der Waals surface area (Å²) >= 11 is 0. The summed E-state index contributed by atoms with van der Waals surface area (Å²) in [7, 11) is 0. The molecule has 4 nitrogen and oxygen atoms in total. The van der Waals surface area contributed by atoms with Gasteiger partial charge in [-0.05, 0) is 34.4 Å². The van der Waals surface area contributed by atoms with Gasteiger partial charge in [0, 0.05) is 12.2 Å². The second-order valence-electron chi connectivity index (χ2n) is 4.59. The first-order valence-corrected chi connectivity index (χ1v) is 6.57. The minimum atomic E-state index is -0.978. The Bertz CT molecular complexity index is 657. The van der Waals surface area contributed by atoms with E-state index in [0.717, 1.165) is 34.4 Å². The molecule has 22 heavy (non-hydrogen) atoms. The second kappa shape index (κ2) is 7.04. The number of hydrogen-bond acceptors (Lipinski definition) is 2. The molecule has 4 heteroatoms. The molecule has 2 aromatic carbocycles. The Hall–Kier alpha value is -3.14. The van der Waals surface area contributed by atoms with E-state index < -0.39 is 11.9 Å². The van der Waals surface area contributed by atoms with E-state index in [-0.39, 0.29) is 0 Å². The van der Waals surface area contributed by atoms with Gasteiger partial charge < -0.3 is 10.2 Å². The summed E-state index contributed by atoms with van der Waals surface area (Å²) in [6, 6.07) is 15.0. The third kappa shape index (κ3) is 4.45. The molecule has 0 atom stereocenters. The Morgan fingerprint density at radius 1 is 0.636 bits per heavy atom. The Morgan fingerprint density at radius 3 is 1.23 bits per heavy atom. The number of rotatable bonds is 5. The van der Waals surface area contributed by atoms with Gasteiger partial charge >= 0.3 is 11.9 Å². The van der Waals surface area contributed by atoms with E-state index in [2.05, 4.69) is 0 Å². The van der Waals surface area contributed by atoms with E-state index in [1.54, 1.807) is 0 Å². The molecule has 0 unspecified atom stereocenters. The Balaban J connectivity index is 2.15. The lowest BCUT2D eigenvalue weighted by atomic mass is 10.0. The van der Waals surface area contributed by atoms with Crippen molar-refractivity contribution in [2.75, 3.05) is 0 Å². The van der Waals surface area contributed by atoms with Gasteiger partial charge in [-0.15, -0.1) is 0 Å². The van der Waals surface area contributed by atoms with E-state index in [1.165, 1.54) is 12.2 Å². The Labute approximate surface area is 127 Å². The Kier molecular flexibility index (Phi) is 4.88. The summed E-state index contributed by atoms with van der Waals surface area (Å²) in [4.78, 5) is 20.9. The normalized spacial score (nSPS) is 11.1. The van der Waals surface area contributed by atoms with Crippen molar-refractivity contribution < 1.29 is 19.8 Å². The predicted molar refractivity (Wildman–Crippen MR) is 85.2 cm³/mol. The van der Waals surface area contributed by atoms with Crippen molar-refractivity contribution in [2.45, 2.75) is 0 Å². The summed E-state index contributed by atoms with van der Waals surface area (Å²) in [5.74, 6) is -1.96. The number of carbonyl (C=O) groups is 2. The average Bonchev–Trinajstić information content (AvgIpc) is 2.52. The number of aliphatic carboxylic acids is 2. The highest BCUT2D eigenvalue weighted by Crippen LogP contribution is 2.21. The topological polar surface area (TPSA) is 74.6 Å². The molecule has 0 saturated heterocycles. The fourth-order valence-corrected chi connectivity index (χ4v) is 1.91. The van der Waals surface area contributed by atoms with Crippen LogP contribution in [0.25, 0.3) is 23.3 Å². The number of carboxylic acid groups (broad SMARTS) is 2. The number of benzene rings is 2. The minimum absolute atomic E-state index is 0.812. The van der Waals surface area contributed by atoms with Crippen LogP contribution < -0.4 is 0 Å². The lowest BCUT2D eigenvalue weighted by Crippen LogP contribution is -1.86. The molecular formula is C18H14O4. The van der Waals surface area contributed by atoms with Crippen molar-refractivity contribution in [3.63, 3.8) is 0 Å². The van der Waals surface area contributed by atoms with Crippen molar-refractivity contribution in [3.8, 4) is 11.1 Å². The van der Waals surface area contributed by atoms with Crippen LogP contribution in [0.2, 0.25) is 0 Å². The van der Waals surface area contributed by atoms with Crippen molar-refractivity contribution in [2.24, 2.45) is 0 Å². The predicted octanol–water partition coefficient (Wildman–Crippen LogP) is 3.55. The summed E-state index contributed by atoms with van der Waals surface area (Å²) < 4.78 is 0. The molecule has 0 aliphatic carbocycles. The number of carboxylic acids is 2. The second-order valence-corrected chi connectivity index (χ2v) is 4.59. The molecule has 0 fully saturated rings. The third-order valence-corrected chi connectivity index (χ3v) is 2.99. The summed E-state index contributed by atoms with van der Waals surface area (Å²) in [5.41, 5.74) is 3.63. The van der Waals surface area contributed by atoms with Crippen LogP contribution in [-0.2, 0) is 9.59 Å². The van der Waals surface area contributed by atoms with Gasteiger partial charge in [0.15, 0.2) is 0 Å². The van der Waals surface area contributed by atoms with E-state index in [9.17, 15) is 9.59 Å². The molecule has 0 aromatic heterocycles. The smallest absolute Gasteiger partial charge is 0.328 e. The molecule has 2 N–H and O–H groups in total. The van der Waals surface area contributed by atoms with Gasteiger partial charge in [-0.1, -0.05) is 48.5 Å². The SMILES string of the molecule is O=C(O)C=Cc1ccc(-c2ccc(C=CC(=O)O)cc2)cc1. The molecule has 2 rings (SSSR count). The van der Waals surface area contributed by atoms with E-state index in [4.69, 9.17) is 10.2 Å². The molecule has 2 aromatic rings. The molecule has 0 heterocycles. The summed E-state index contributed by atoms with van der Waals surface area (Å²) in [6.07, 6.45) is 5.26. The lowest BCUT2D eigenvalue weighted by Gasteiger charge is -2.03. The van der Waals surface area contributed by atoms with Gasteiger partial charge in [0.2, 0.25) is 0 Å². The fraction of sp³-hybridized carbons (Fsp3) is 0. The Morgan fingerprint density at radius 2 is 0.955 bits per heavy atom. The van der Waals surface area contributed by atoms with Crippen molar-refractivity contribution >= 4 is 24.1 Å². The molecule has 0 bridgehead atoms. The van der Waals surface area contributed by atoms with E-state index in [0.29, 0.717) is 0 Å². The zero-order chi connectivity index (χ0) is 15.9. The van der Waals surface area contributed by atoms with Gasteiger partial charge in [-0.25, -0.2) is 9.59 Å². The van der Waals surface area contributed by atoms with Crippen LogP contribution in [0.3, 0.4) is 0 Å². The average molecular weight is 294 g/mol. The fourth-order valence-electron chi connectivity index (χ4n) is 1.91. The highest BCUT2D eigenvalue weighted by Gasteiger charge is 1.98. The highest BCUT2D eigenvalue weighted by molar-refractivity contribution is 5.86. The first kappa shape index (κ1) is 15.3. The maximum absolute atomic E-state index is 10.5. The standard InChI is InChI=1S/C18H14O4/c19-17(20)11-5-13-1-7-15(8-2-13)16-9-3-14(4-10-16)6-12-18(21)22/h1-12H,(H,19,20)(H,21,22). The van der Waals surface area contributed by atoms with Gasteiger partial charge in [0.25, 0.3) is 0 Å². The van der Waals surface area contributed by atoms with Crippen molar-refractivity contribution in [1.82, 2.24) is 0 Å².